The number of fused-ring (bicyclic) bond motifs is 2. The molecule has 1 aromatic heterocycles. The zero-order chi connectivity index (χ0) is 23.4. The maximum absolute atomic E-state index is 13.0. The summed E-state index contributed by atoms with van der Waals surface area (Å²) in [6.45, 7) is 0.938. The first kappa shape index (κ1) is 22.6. The van der Waals surface area contributed by atoms with E-state index in [-0.39, 0.29) is 18.0 Å². The molecule has 0 atom stereocenters. The van der Waals surface area contributed by atoms with Gasteiger partial charge in [-0.25, -0.2) is 4.98 Å². The summed E-state index contributed by atoms with van der Waals surface area (Å²) in [7, 11) is 4.67. The molecule has 1 aliphatic heterocycles. The van der Waals surface area contributed by atoms with Crippen molar-refractivity contribution < 1.29 is 19.0 Å². The van der Waals surface area contributed by atoms with Gasteiger partial charge in [-0.05, 0) is 37.1 Å². The summed E-state index contributed by atoms with van der Waals surface area (Å²) in [5, 5.41) is 3.45. The van der Waals surface area contributed by atoms with Crippen molar-refractivity contribution in [1.29, 1.82) is 0 Å². The summed E-state index contributed by atoms with van der Waals surface area (Å²) in [5.74, 6) is 2.22. The molecule has 2 heterocycles. The summed E-state index contributed by atoms with van der Waals surface area (Å²) in [4.78, 5) is 30.6. The summed E-state index contributed by atoms with van der Waals surface area (Å²) in [6, 6.07) is 8.56. The van der Waals surface area contributed by atoms with Crippen LogP contribution in [0.5, 0.6) is 17.2 Å². The fraction of sp³-hybridized carbons (Fsp3) is 0.400. The van der Waals surface area contributed by atoms with E-state index >= 15 is 0 Å². The number of aromatic nitrogens is 2. The minimum absolute atomic E-state index is 0.0288. The second-order valence-electron chi connectivity index (χ2n) is 8.08. The highest BCUT2D eigenvalue weighted by atomic mass is 16.5. The van der Waals surface area contributed by atoms with Crippen LogP contribution in [0.15, 0.2) is 35.1 Å². The van der Waals surface area contributed by atoms with Crippen LogP contribution < -0.4 is 25.1 Å². The van der Waals surface area contributed by atoms with Gasteiger partial charge in [0.05, 0.1) is 32.2 Å². The zero-order valence-corrected chi connectivity index (χ0v) is 19.3. The Kier molecular flexibility index (Phi) is 6.82. The molecule has 0 saturated carbocycles. The molecule has 2 aromatic carbocycles. The van der Waals surface area contributed by atoms with E-state index in [4.69, 9.17) is 19.2 Å². The Labute approximate surface area is 192 Å². The first-order valence-electron chi connectivity index (χ1n) is 11.2. The zero-order valence-electron chi connectivity index (χ0n) is 19.3. The average molecular weight is 452 g/mol. The van der Waals surface area contributed by atoms with Crippen molar-refractivity contribution in [3.63, 3.8) is 0 Å². The summed E-state index contributed by atoms with van der Waals surface area (Å²) in [5.41, 5.74) is 1.73. The fourth-order valence-electron chi connectivity index (χ4n) is 4.24. The van der Waals surface area contributed by atoms with Gasteiger partial charge >= 0.3 is 0 Å². The average Bonchev–Trinajstić information content (AvgIpc) is 2.82. The lowest BCUT2D eigenvalue weighted by Crippen LogP contribution is -2.27. The van der Waals surface area contributed by atoms with Crippen molar-refractivity contribution in [2.24, 2.45) is 0 Å². The number of hydrogen-bond acceptors (Lipinski definition) is 6. The molecule has 4 rings (SSSR count). The maximum atomic E-state index is 13.0. The van der Waals surface area contributed by atoms with E-state index < -0.39 is 0 Å². The lowest BCUT2D eigenvalue weighted by Gasteiger charge is -2.16. The molecule has 0 spiro atoms. The third-order valence-electron chi connectivity index (χ3n) is 6.05. The Hall–Kier alpha value is -3.55. The predicted molar refractivity (Wildman–Crippen MR) is 125 cm³/mol. The Bertz CT molecular complexity index is 1230. The van der Waals surface area contributed by atoms with Crippen molar-refractivity contribution in [3.05, 3.63) is 57.6 Å². The van der Waals surface area contributed by atoms with E-state index in [1.165, 1.54) is 0 Å². The van der Waals surface area contributed by atoms with E-state index in [2.05, 4.69) is 5.32 Å². The number of nitrogens with one attached hydrogen (secondary N) is 1. The first-order valence-corrected chi connectivity index (χ1v) is 11.2. The molecule has 8 heteroatoms. The van der Waals surface area contributed by atoms with Gasteiger partial charge in [-0.3, -0.25) is 14.2 Å². The van der Waals surface area contributed by atoms with Gasteiger partial charge in [0.25, 0.3) is 11.5 Å². The highest BCUT2D eigenvalue weighted by Crippen LogP contribution is 2.34. The minimum Gasteiger partial charge on any atom is -0.496 e. The van der Waals surface area contributed by atoms with Gasteiger partial charge in [-0.1, -0.05) is 12.8 Å². The van der Waals surface area contributed by atoms with Gasteiger partial charge in [0.2, 0.25) is 0 Å². The molecular weight excluding hydrogens is 422 g/mol. The summed E-state index contributed by atoms with van der Waals surface area (Å²) < 4.78 is 17.9. The van der Waals surface area contributed by atoms with E-state index in [1.54, 1.807) is 56.2 Å². The lowest BCUT2D eigenvalue weighted by molar-refractivity contribution is 0.0950. The van der Waals surface area contributed by atoms with Crippen molar-refractivity contribution in [3.8, 4) is 17.2 Å². The third-order valence-corrected chi connectivity index (χ3v) is 6.05. The van der Waals surface area contributed by atoms with Gasteiger partial charge in [-0.15, -0.1) is 0 Å². The standard InChI is InChI=1S/C25H29N3O5/c1-31-20-14-22(33-3)21(32-2)13-17(20)15-26-24(29)16-9-10-18-19(12-16)27-23-8-6-4-5-7-11-28(23)25(18)30/h9-10,12-14H,4-8,11,15H2,1-3H3,(H,26,29). The maximum Gasteiger partial charge on any atom is 0.261 e. The topological polar surface area (TPSA) is 91.7 Å². The van der Waals surface area contributed by atoms with Gasteiger partial charge in [0.15, 0.2) is 11.5 Å². The summed E-state index contributed by atoms with van der Waals surface area (Å²) >= 11 is 0. The largest absolute Gasteiger partial charge is 0.496 e. The number of carbonyl (C=O) groups excluding carboxylic acids is 1. The van der Waals surface area contributed by atoms with Crippen LogP contribution in [0.2, 0.25) is 0 Å². The molecule has 0 saturated heterocycles. The Balaban J connectivity index is 1.59. The van der Waals surface area contributed by atoms with Crippen LogP contribution >= 0.6 is 0 Å². The number of amides is 1. The van der Waals surface area contributed by atoms with Gasteiger partial charge in [0, 0.05) is 36.7 Å². The van der Waals surface area contributed by atoms with Crippen LogP contribution in [-0.4, -0.2) is 36.8 Å². The van der Waals surface area contributed by atoms with Crippen molar-refractivity contribution in [1.82, 2.24) is 14.9 Å². The first-order chi connectivity index (χ1) is 16.0. The number of aryl methyl sites for hydroxylation is 1. The van der Waals surface area contributed by atoms with E-state index in [9.17, 15) is 9.59 Å². The van der Waals surface area contributed by atoms with Crippen molar-refractivity contribution in [2.75, 3.05) is 21.3 Å². The van der Waals surface area contributed by atoms with Crippen molar-refractivity contribution in [2.45, 2.75) is 45.2 Å². The van der Waals surface area contributed by atoms with Crippen LogP contribution in [0.25, 0.3) is 10.9 Å². The third kappa shape index (κ3) is 4.65. The highest BCUT2D eigenvalue weighted by Gasteiger charge is 2.16. The summed E-state index contributed by atoms with van der Waals surface area (Å²) in [6.07, 6.45) is 5.07. The number of methoxy groups -OCH3 is 3. The van der Waals surface area contributed by atoms with Crippen LogP contribution in [0, 0.1) is 0 Å². The van der Waals surface area contributed by atoms with Crippen LogP contribution in [0.4, 0.5) is 0 Å². The quantitative estimate of drug-likeness (QED) is 0.617. The molecule has 0 unspecified atom stereocenters. The fourth-order valence-corrected chi connectivity index (χ4v) is 4.24. The van der Waals surface area contributed by atoms with E-state index in [0.29, 0.717) is 40.3 Å². The minimum atomic E-state index is -0.262. The molecule has 0 fully saturated rings. The van der Waals surface area contributed by atoms with Crippen LogP contribution in [-0.2, 0) is 19.5 Å². The Morgan fingerprint density at radius 3 is 2.45 bits per heavy atom. The second kappa shape index (κ2) is 9.94. The highest BCUT2D eigenvalue weighted by molar-refractivity contribution is 5.97. The molecule has 1 aliphatic rings. The molecule has 0 aliphatic carbocycles. The van der Waals surface area contributed by atoms with Crippen molar-refractivity contribution >= 4 is 16.8 Å². The molecule has 33 heavy (non-hydrogen) atoms. The smallest absolute Gasteiger partial charge is 0.261 e. The number of ether oxygens (including phenoxy) is 3. The van der Waals surface area contributed by atoms with E-state index in [1.807, 2.05) is 0 Å². The molecule has 8 nitrogen and oxygen atoms in total. The molecule has 174 valence electrons. The van der Waals surface area contributed by atoms with E-state index in [0.717, 1.165) is 43.5 Å². The Morgan fingerprint density at radius 2 is 1.70 bits per heavy atom. The number of nitrogens with zero attached hydrogens (tertiary/aromatic N) is 2. The molecule has 1 amide bonds. The lowest BCUT2D eigenvalue weighted by atomic mass is 10.1. The predicted octanol–water partition coefficient (Wildman–Crippen LogP) is 3.47. The van der Waals surface area contributed by atoms with Crippen LogP contribution in [0.1, 0.15) is 47.4 Å². The molecule has 0 bridgehead atoms. The molecule has 1 N–H and O–H groups in total. The number of rotatable bonds is 6. The van der Waals surface area contributed by atoms with Crippen LogP contribution in [0.3, 0.4) is 0 Å². The second-order valence-corrected chi connectivity index (χ2v) is 8.08. The van der Waals surface area contributed by atoms with Gasteiger partial charge < -0.3 is 19.5 Å². The van der Waals surface area contributed by atoms with Gasteiger partial charge in [0.1, 0.15) is 11.6 Å². The molecule has 3 aromatic rings. The number of benzene rings is 2. The van der Waals surface area contributed by atoms with Gasteiger partial charge in [-0.2, -0.15) is 0 Å². The normalized spacial score (nSPS) is 13.5. The number of hydrogen-bond donors (Lipinski definition) is 1. The SMILES string of the molecule is COc1cc(OC)c(OC)cc1CNC(=O)c1ccc2c(=O)n3c(nc2c1)CCCCCC3. The molecular formula is C25H29N3O5. The molecule has 0 radical (unpaired) electrons. The number of carbonyl (C=O) groups is 1. The monoisotopic (exact) mass is 451 g/mol. The Morgan fingerprint density at radius 1 is 0.970 bits per heavy atom.